The number of nitrogens with zero attached hydrogens (tertiary/aromatic N) is 2. The molecule has 0 unspecified atom stereocenters. The van der Waals surface area contributed by atoms with E-state index in [1.807, 2.05) is 18.0 Å². The molecule has 2 rings (SSSR count). The summed E-state index contributed by atoms with van der Waals surface area (Å²) in [5, 5.41) is 0. The molecule has 8 heteroatoms. The van der Waals surface area contributed by atoms with Crippen LogP contribution in [0.1, 0.15) is 17.3 Å². The Hall–Kier alpha value is -1.86. The van der Waals surface area contributed by atoms with Crippen LogP contribution in [-0.2, 0) is 10.0 Å². The maximum absolute atomic E-state index is 12.1. The number of sulfonamides is 1. The van der Waals surface area contributed by atoms with Crippen molar-refractivity contribution in [1.29, 1.82) is 0 Å². The van der Waals surface area contributed by atoms with Gasteiger partial charge in [-0.3, -0.25) is 9.52 Å². The highest BCUT2D eigenvalue weighted by molar-refractivity contribution is 7.92. The molecule has 1 heterocycles. The van der Waals surface area contributed by atoms with E-state index < -0.39 is 10.0 Å². The van der Waals surface area contributed by atoms with E-state index >= 15 is 0 Å². The number of carbonyl (C=O) groups is 1. The average Bonchev–Trinajstić information content (AvgIpc) is 2.85. The van der Waals surface area contributed by atoms with Gasteiger partial charge in [0.2, 0.25) is 10.0 Å². The number of halogens is 1. The van der Waals surface area contributed by atoms with Crippen molar-refractivity contribution in [3.05, 3.63) is 48.9 Å². The maximum atomic E-state index is 12.1. The Bertz CT molecular complexity index is 644. The molecular formula is C14H17ClN3O3S. The summed E-state index contributed by atoms with van der Waals surface area (Å²) < 4.78 is 24.6. The first-order chi connectivity index (χ1) is 9.87. The second-order valence-electron chi connectivity index (χ2n) is 4.69. The molecule has 0 saturated heterocycles. The van der Waals surface area contributed by atoms with Crippen LogP contribution in [-0.4, -0.2) is 43.3 Å². The number of carbonyl (C=O) groups excluding carboxylic acids is 1. The summed E-state index contributed by atoms with van der Waals surface area (Å²) in [6.07, 6.45) is 4.73. The Morgan fingerprint density at radius 3 is 2.27 bits per heavy atom. The molecular weight excluding hydrogens is 326 g/mol. The van der Waals surface area contributed by atoms with Gasteiger partial charge in [-0.25, -0.2) is 8.42 Å². The predicted octanol–water partition coefficient (Wildman–Crippen LogP) is -1.65. The highest BCUT2D eigenvalue weighted by Gasteiger charge is 2.31. The first-order valence-electron chi connectivity index (χ1n) is 6.46. The largest absolute Gasteiger partial charge is 1.00 e. The van der Waals surface area contributed by atoms with Crippen LogP contribution in [0.25, 0.3) is 0 Å². The van der Waals surface area contributed by atoms with Crippen molar-refractivity contribution in [3.8, 4) is 0 Å². The van der Waals surface area contributed by atoms with Gasteiger partial charge in [0.25, 0.3) is 0 Å². The van der Waals surface area contributed by atoms with Crippen molar-refractivity contribution >= 4 is 21.5 Å². The van der Waals surface area contributed by atoms with E-state index in [-0.39, 0.29) is 24.7 Å². The van der Waals surface area contributed by atoms with Crippen molar-refractivity contribution in [3.63, 3.8) is 0 Å². The van der Waals surface area contributed by atoms with Gasteiger partial charge < -0.3 is 12.4 Å². The van der Waals surface area contributed by atoms with Crippen LogP contribution in [0.5, 0.6) is 0 Å². The molecule has 1 aliphatic rings. The van der Waals surface area contributed by atoms with Gasteiger partial charge >= 0.3 is 6.67 Å². The van der Waals surface area contributed by atoms with Gasteiger partial charge in [0, 0.05) is 11.3 Å². The van der Waals surface area contributed by atoms with E-state index in [1.54, 1.807) is 35.4 Å². The topological polar surface area (TPSA) is 69.7 Å². The maximum Gasteiger partial charge on any atom is 0.564 e. The smallest absolute Gasteiger partial charge is 0.564 e. The molecule has 0 fully saturated rings. The fourth-order valence-electron chi connectivity index (χ4n) is 1.84. The summed E-state index contributed by atoms with van der Waals surface area (Å²) in [7, 11) is -3.31. The number of ketones is 1. The highest BCUT2D eigenvalue weighted by atomic mass is 35.5. The summed E-state index contributed by atoms with van der Waals surface area (Å²) in [5.74, 6) is -0.0593. The van der Waals surface area contributed by atoms with E-state index in [0.717, 1.165) is 12.8 Å². The summed E-state index contributed by atoms with van der Waals surface area (Å²) >= 11 is 0. The first-order valence-corrected chi connectivity index (χ1v) is 8.35. The molecule has 119 valence electrons. The van der Waals surface area contributed by atoms with E-state index in [1.165, 1.54) is 0 Å². The number of benzene rings is 1. The molecule has 0 spiro atoms. The fourth-order valence-corrected chi connectivity index (χ4v) is 2.41. The van der Waals surface area contributed by atoms with Gasteiger partial charge in [0.1, 0.15) is 6.54 Å². The minimum atomic E-state index is -3.31. The van der Waals surface area contributed by atoms with Gasteiger partial charge in [0.15, 0.2) is 5.78 Å². The van der Waals surface area contributed by atoms with Crippen LogP contribution in [0.4, 0.5) is 5.69 Å². The normalized spacial score (nSPS) is 13.5. The van der Waals surface area contributed by atoms with Gasteiger partial charge in [-0.2, -0.15) is 0 Å². The third-order valence-corrected chi connectivity index (χ3v) is 3.45. The van der Waals surface area contributed by atoms with Crippen molar-refractivity contribution in [2.75, 3.05) is 24.1 Å². The number of hydrogen-bond donors (Lipinski definition) is 1. The molecule has 1 N–H and O–H groups in total. The molecule has 1 aliphatic heterocycles. The second kappa shape index (κ2) is 7.42. The molecule has 0 atom stereocenters. The second-order valence-corrected chi connectivity index (χ2v) is 6.44. The van der Waals surface area contributed by atoms with Crippen molar-refractivity contribution in [2.45, 2.75) is 6.92 Å². The van der Waals surface area contributed by atoms with Crippen molar-refractivity contribution < 1.29 is 25.6 Å². The number of hydrogen-bond acceptors (Lipinski definition) is 5. The highest BCUT2D eigenvalue weighted by Crippen LogP contribution is 2.14. The third kappa shape index (κ3) is 5.16. The summed E-state index contributed by atoms with van der Waals surface area (Å²) in [4.78, 5) is 15.7. The molecule has 1 radical (unpaired) electrons. The Balaban J connectivity index is 0.00000242. The minimum absolute atomic E-state index is 0. The molecule has 6 nitrogen and oxygen atoms in total. The Labute approximate surface area is 137 Å². The molecule has 0 aliphatic carbocycles. The standard InChI is InChI=1S/C14H17N3O3S.ClH/c1-3-16-8-9-17(11-16)10-14(18)12-4-6-13(7-5-12)15-21(2,19)20;/h4-9,15H,3,10H2,1-2H3;1H/q+1;/p-1. The zero-order valence-corrected chi connectivity index (χ0v) is 13.9. The van der Waals surface area contributed by atoms with E-state index in [2.05, 4.69) is 11.4 Å². The van der Waals surface area contributed by atoms with E-state index in [0.29, 0.717) is 11.3 Å². The van der Waals surface area contributed by atoms with Crippen LogP contribution in [0, 0.1) is 6.67 Å². The van der Waals surface area contributed by atoms with Gasteiger partial charge in [-0.05, 0) is 31.2 Å². The monoisotopic (exact) mass is 342 g/mol. The SMILES string of the molecule is CCN1[C+]N(CC(=O)c2ccc(NS(C)(=O)=O)cc2)C=C1.[Cl-]. The molecule has 0 saturated carbocycles. The molecule has 0 aromatic heterocycles. The van der Waals surface area contributed by atoms with Crippen LogP contribution in [0.3, 0.4) is 0 Å². The molecule has 1 aromatic carbocycles. The lowest BCUT2D eigenvalue weighted by Gasteiger charge is -2.06. The van der Waals surface area contributed by atoms with Gasteiger partial charge in [0.05, 0.1) is 25.2 Å². The number of anilines is 1. The first kappa shape index (κ1) is 18.2. The minimum Gasteiger partial charge on any atom is -1.00 e. The Morgan fingerprint density at radius 1 is 1.18 bits per heavy atom. The van der Waals surface area contributed by atoms with Crippen molar-refractivity contribution in [1.82, 2.24) is 9.80 Å². The van der Waals surface area contributed by atoms with Crippen LogP contribution < -0.4 is 17.1 Å². The van der Waals surface area contributed by atoms with E-state index in [4.69, 9.17) is 0 Å². The number of Topliss-reactive ketones (excluding diaryl/α,β-unsaturated/α-hetero) is 1. The molecule has 0 bridgehead atoms. The van der Waals surface area contributed by atoms with Gasteiger partial charge in [-0.1, -0.05) is 0 Å². The molecule has 22 heavy (non-hydrogen) atoms. The molecule has 0 amide bonds. The Morgan fingerprint density at radius 2 is 1.77 bits per heavy atom. The lowest BCUT2D eigenvalue weighted by molar-refractivity contribution is -0.0000147. The zero-order valence-electron chi connectivity index (χ0n) is 12.3. The number of nitrogens with one attached hydrogen (secondary N) is 1. The van der Waals surface area contributed by atoms with Crippen molar-refractivity contribution in [2.24, 2.45) is 0 Å². The lowest BCUT2D eigenvalue weighted by Crippen LogP contribution is -3.00. The van der Waals surface area contributed by atoms with E-state index in [9.17, 15) is 13.2 Å². The third-order valence-electron chi connectivity index (χ3n) is 2.85. The van der Waals surface area contributed by atoms with Crippen LogP contribution >= 0.6 is 0 Å². The summed E-state index contributed by atoms with van der Waals surface area (Å²) in [5.41, 5.74) is 0.963. The average molecular weight is 343 g/mol. The molecule has 1 aromatic rings. The fraction of sp³-hybridized carbons (Fsp3) is 0.286. The number of rotatable bonds is 6. The lowest BCUT2D eigenvalue weighted by atomic mass is 10.1. The van der Waals surface area contributed by atoms with Gasteiger partial charge in [-0.15, -0.1) is 9.80 Å². The van der Waals surface area contributed by atoms with Crippen LogP contribution in [0.2, 0.25) is 0 Å². The summed E-state index contributed by atoms with van der Waals surface area (Å²) in [6.45, 7) is 6.02. The van der Waals surface area contributed by atoms with Crippen LogP contribution in [0.15, 0.2) is 36.7 Å². The zero-order chi connectivity index (χ0) is 15.5. The summed E-state index contributed by atoms with van der Waals surface area (Å²) in [6, 6.07) is 6.35. The predicted molar refractivity (Wildman–Crippen MR) is 80.7 cm³/mol. The Kier molecular flexibility index (Phi) is 6.13. The quantitative estimate of drug-likeness (QED) is 0.495.